The van der Waals surface area contributed by atoms with E-state index in [9.17, 15) is 19.2 Å². The molecule has 12 heteroatoms. The van der Waals surface area contributed by atoms with Gasteiger partial charge >= 0.3 is 11.9 Å². The number of carboxylic acids is 2. The van der Waals surface area contributed by atoms with Gasteiger partial charge in [-0.25, -0.2) is 4.79 Å². The second-order valence-corrected chi connectivity index (χ2v) is 7.42. The van der Waals surface area contributed by atoms with Gasteiger partial charge in [-0.2, -0.15) is 4.98 Å². The normalized spacial score (nSPS) is 12.0. The highest BCUT2D eigenvalue weighted by Crippen LogP contribution is 2.21. The highest BCUT2D eigenvalue weighted by molar-refractivity contribution is 7.14. The Hall–Kier alpha value is -3.67. The molecule has 0 unspecified atom stereocenters. The SMILES string of the molecule is Nc1nc2[nH]c(Cc3ccc(C(=O)N[C@@H](CCC(=O)O)C(=O)O)s3)cc2c(=O)[nH]1. The molecule has 3 heterocycles. The van der Waals surface area contributed by atoms with Crippen molar-refractivity contribution in [1.29, 1.82) is 0 Å². The van der Waals surface area contributed by atoms with E-state index in [2.05, 4.69) is 20.3 Å². The average molecular weight is 419 g/mol. The van der Waals surface area contributed by atoms with Gasteiger partial charge in [-0.15, -0.1) is 11.3 Å². The minimum absolute atomic E-state index is 0.00173. The summed E-state index contributed by atoms with van der Waals surface area (Å²) in [6.07, 6.45) is -0.186. The molecule has 0 fully saturated rings. The summed E-state index contributed by atoms with van der Waals surface area (Å²) in [7, 11) is 0. The molecule has 0 bridgehead atoms. The molecule has 3 aromatic rings. The van der Waals surface area contributed by atoms with E-state index in [0.717, 1.165) is 16.2 Å². The third-order valence-electron chi connectivity index (χ3n) is 4.07. The van der Waals surface area contributed by atoms with Crippen LogP contribution < -0.4 is 16.6 Å². The largest absolute Gasteiger partial charge is 0.481 e. The quantitative estimate of drug-likeness (QED) is 0.304. The number of aromatic nitrogens is 3. The van der Waals surface area contributed by atoms with Crippen LogP contribution in [0.15, 0.2) is 23.0 Å². The molecule has 7 N–H and O–H groups in total. The number of anilines is 1. The van der Waals surface area contributed by atoms with Gasteiger partial charge in [0.05, 0.1) is 10.3 Å². The molecule has 11 nitrogen and oxygen atoms in total. The molecule has 3 aromatic heterocycles. The first kappa shape index (κ1) is 20.1. The molecule has 0 aliphatic rings. The van der Waals surface area contributed by atoms with E-state index in [0.29, 0.717) is 23.1 Å². The predicted molar refractivity (Wildman–Crippen MR) is 104 cm³/mol. The summed E-state index contributed by atoms with van der Waals surface area (Å²) < 4.78 is 0. The molecule has 0 aliphatic carbocycles. The summed E-state index contributed by atoms with van der Waals surface area (Å²) >= 11 is 1.16. The molecule has 0 saturated heterocycles. The molecular formula is C17H17N5O6S. The molecule has 1 amide bonds. The summed E-state index contributed by atoms with van der Waals surface area (Å²) in [4.78, 5) is 56.5. The Morgan fingerprint density at radius 3 is 2.69 bits per heavy atom. The Kier molecular flexibility index (Phi) is 5.64. The first-order valence-corrected chi connectivity index (χ1v) is 9.26. The van der Waals surface area contributed by atoms with Crippen molar-refractivity contribution in [3.8, 4) is 0 Å². The van der Waals surface area contributed by atoms with Crippen LogP contribution in [0.4, 0.5) is 5.95 Å². The lowest BCUT2D eigenvalue weighted by Gasteiger charge is -2.12. The number of hydrogen-bond donors (Lipinski definition) is 6. The van der Waals surface area contributed by atoms with Crippen LogP contribution in [0.5, 0.6) is 0 Å². The Morgan fingerprint density at radius 1 is 1.24 bits per heavy atom. The van der Waals surface area contributed by atoms with Crippen LogP contribution in [0.3, 0.4) is 0 Å². The van der Waals surface area contributed by atoms with Gasteiger partial charge in [0.1, 0.15) is 11.7 Å². The maximum Gasteiger partial charge on any atom is 0.326 e. The molecule has 3 rings (SSSR count). The second kappa shape index (κ2) is 8.14. The topological polar surface area (TPSA) is 191 Å². The number of nitrogen functional groups attached to an aromatic ring is 1. The van der Waals surface area contributed by atoms with E-state index >= 15 is 0 Å². The van der Waals surface area contributed by atoms with Crippen molar-refractivity contribution in [2.45, 2.75) is 25.3 Å². The van der Waals surface area contributed by atoms with Crippen molar-refractivity contribution >= 4 is 46.2 Å². The lowest BCUT2D eigenvalue weighted by Crippen LogP contribution is -2.40. The van der Waals surface area contributed by atoms with Gasteiger partial charge < -0.3 is 26.2 Å². The number of fused-ring (bicyclic) bond motifs is 1. The Morgan fingerprint density at radius 2 is 2.00 bits per heavy atom. The molecule has 0 aromatic carbocycles. The van der Waals surface area contributed by atoms with Gasteiger partial charge in [-0.1, -0.05) is 0 Å². The monoisotopic (exact) mass is 419 g/mol. The minimum atomic E-state index is -1.30. The highest BCUT2D eigenvalue weighted by atomic mass is 32.1. The third-order valence-corrected chi connectivity index (χ3v) is 5.16. The van der Waals surface area contributed by atoms with Crippen LogP contribution >= 0.6 is 11.3 Å². The smallest absolute Gasteiger partial charge is 0.326 e. The fraction of sp³-hybridized carbons (Fsp3) is 0.235. The number of hydrogen-bond acceptors (Lipinski definition) is 7. The summed E-state index contributed by atoms with van der Waals surface area (Å²) in [5, 5.41) is 20.5. The molecule has 152 valence electrons. The van der Waals surface area contributed by atoms with E-state index in [-0.39, 0.29) is 29.2 Å². The lowest BCUT2D eigenvalue weighted by atomic mass is 10.1. The first-order valence-electron chi connectivity index (χ1n) is 8.44. The molecule has 0 radical (unpaired) electrons. The fourth-order valence-electron chi connectivity index (χ4n) is 2.72. The van der Waals surface area contributed by atoms with Crippen molar-refractivity contribution in [1.82, 2.24) is 20.3 Å². The van der Waals surface area contributed by atoms with Crippen molar-refractivity contribution in [3.63, 3.8) is 0 Å². The van der Waals surface area contributed by atoms with Crippen LogP contribution in [-0.4, -0.2) is 49.1 Å². The number of aromatic amines is 2. The van der Waals surface area contributed by atoms with Gasteiger partial charge in [-0.3, -0.25) is 19.4 Å². The van der Waals surface area contributed by atoms with E-state index in [1.165, 1.54) is 0 Å². The van der Waals surface area contributed by atoms with Gasteiger partial charge in [0.2, 0.25) is 5.95 Å². The second-order valence-electron chi connectivity index (χ2n) is 6.25. The number of amides is 1. The van der Waals surface area contributed by atoms with E-state index in [1.54, 1.807) is 18.2 Å². The van der Waals surface area contributed by atoms with Crippen LogP contribution in [0.2, 0.25) is 0 Å². The average Bonchev–Trinajstić information content (AvgIpc) is 3.25. The Bertz CT molecular complexity index is 1150. The number of aliphatic carboxylic acids is 2. The van der Waals surface area contributed by atoms with Crippen molar-refractivity contribution in [2.24, 2.45) is 0 Å². The predicted octanol–water partition coefficient (Wildman–Crippen LogP) is 0.533. The molecule has 0 spiro atoms. The van der Waals surface area contributed by atoms with Gasteiger partial charge in [-0.05, 0) is 24.6 Å². The van der Waals surface area contributed by atoms with Crippen molar-refractivity contribution < 1.29 is 24.6 Å². The minimum Gasteiger partial charge on any atom is -0.481 e. The van der Waals surface area contributed by atoms with E-state index in [1.807, 2.05) is 0 Å². The fourth-order valence-corrected chi connectivity index (χ4v) is 3.66. The van der Waals surface area contributed by atoms with Gasteiger partial charge in [0.25, 0.3) is 11.5 Å². The molecule has 1 atom stereocenters. The Labute approximate surface area is 166 Å². The summed E-state index contributed by atoms with van der Waals surface area (Å²) in [5.74, 6) is -3.03. The zero-order valence-corrected chi connectivity index (χ0v) is 15.7. The lowest BCUT2D eigenvalue weighted by molar-refractivity contribution is -0.140. The number of rotatable bonds is 8. The summed E-state index contributed by atoms with van der Waals surface area (Å²) in [6.45, 7) is 0. The zero-order valence-electron chi connectivity index (χ0n) is 14.9. The van der Waals surface area contributed by atoms with E-state index in [4.69, 9.17) is 15.9 Å². The zero-order chi connectivity index (χ0) is 21.1. The number of carbonyl (C=O) groups is 3. The third kappa shape index (κ3) is 4.79. The standard InChI is InChI=1S/C17H17N5O6S/c18-17-21-13-9(14(25)22-17)6-7(19-13)5-8-1-3-11(29-8)15(26)20-10(16(27)28)2-4-12(23)24/h1,3,6,10H,2,4-5H2,(H,20,26)(H,23,24)(H,27,28)(H4,18,19,21,22,25)/t10-/m0/s1. The maximum atomic E-state index is 12.3. The molecule has 29 heavy (non-hydrogen) atoms. The van der Waals surface area contributed by atoms with Crippen molar-refractivity contribution in [2.75, 3.05) is 5.73 Å². The number of H-pyrrole nitrogens is 2. The maximum absolute atomic E-state index is 12.3. The Balaban J connectivity index is 1.70. The highest BCUT2D eigenvalue weighted by Gasteiger charge is 2.22. The molecule has 0 aliphatic heterocycles. The van der Waals surface area contributed by atoms with Crippen LogP contribution in [0.25, 0.3) is 11.0 Å². The van der Waals surface area contributed by atoms with Crippen LogP contribution in [0, 0.1) is 0 Å². The number of nitrogens with zero attached hydrogens (tertiary/aromatic N) is 1. The number of carbonyl (C=O) groups excluding carboxylic acids is 1. The van der Waals surface area contributed by atoms with Crippen molar-refractivity contribution in [3.05, 3.63) is 44.0 Å². The number of nitrogens with two attached hydrogens (primary N) is 1. The number of carboxylic acid groups (broad SMARTS) is 2. The molecular weight excluding hydrogens is 402 g/mol. The number of nitrogens with one attached hydrogen (secondary N) is 3. The van der Waals surface area contributed by atoms with Gasteiger partial charge in [0.15, 0.2) is 0 Å². The number of thiophene rings is 1. The summed E-state index contributed by atoms with van der Waals surface area (Å²) in [6, 6.07) is 3.62. The first-order chi connectivity index (χ1) is 13.7. The van der Waals surface area contributed by atoms with E-state index < -0.39 is 23.9 Å². The van der Waals surface area contributed by atoms with Crippen LogP contribution in [-0.2, 0) is 16.0 Å². The van der Waals surface area contributed by atoms with Gasteiger partial charge in [0, 0.05) is 23.4 Å². The molecule has 0 saturated carbocycles. The van der Waals surface area contributed by atoms with Crippen LogP contribution in [0.1, 0.15) is 33.1 Å². The summed E-state index contributed by atoms with van der Waals surface area (Å²) in [5.41, 5.74) is 6.22.